The summed E-state index contributed by atoms with van der Waals surface area (Å²) >= 11 is 0. The highest BCUT2D eigenvalue weighted by atomic mass is 16.5. The van der Waals surface area contributed by atoms with Crippen molar-refractivity contribution in [3.8, 4) is 5.75 Å². The molecule has 0 saturated carbocycles. The Labute approximate surface area is 226 Å². The second-order valence-electron chi connectivity index (χ2n) is 10.6. The lowest BCUT2D eigenvalue weighted by Gasteiger charge is -2.44. The fourth-order valence-corrected chi connectivity index (χ4v) is 5.62. The second-order valence-corrected chi connectivity index (χ2v) is 10.6. The van der Waals surface area contributed by atoms with Crippen LogP contribution < -0.4 is 10.9 Å². The number of rotatable bonds is 8. The number of hydrogen-bond donors (Lipinski definition) is 5. The summed E-state index contributed by atoms with van der Waals surface area (Å²) in [6, 6.07) is 14.3. The molecular formula is C29H36N4O6. The number of ether oxygens (including phenoxy) is 1. The lowest BCUT2D eigenvalue weighted by Crippen LogP contribution is -2.55. The van der Waals surface area contributed by atoms with Gasteiger partial charge in [0.25, 0.3) is 5.56 Å². The van der Waals surface area contributed by atoms with Crippen molar-refractivity contribution in [2.75, 3.05) is 45.9 Å². The van der Waals surface area contributed by atoms with E-state index in [4.69, 9.17) is 4.74 Å². The van der Waals surface area contributed by atoms with Crippen molar-refractivity contribution in [1.82, 2.24) is 20.1 Å². The van der Waals surface area contributed by atoms with Crippen molar-refractivity contribution in [2.24, 2.45) is 0 Å². The first-order valence-electron chi connectivity index (χ1n) is 13.5. The zero-order valence-electron chi connectivity index (χ0n) is 21.9. The van der Waals surface area contributed by atoms with E-state index in [0.29, 0.717) is 36.1 Å². The van der Waals surface area contributed by atoms with Gasteiger partial charge in [-0.05, 0) is 42.5 Å². The van der Waals surface area contributed by atoms with Crippen LogP contribution in [0, 0.1) is 0 Å². The highest BCUT2D eigenvalue weighted by molar-refractivity contribution is 5.88. The lowest BCUT2D eigenvalue weighted by atomic mass is 9.90. The molecule has 1 aromatic heterocycles. The Kier molecular flexibility index (Phi) is 8.18. The first kappa shape index (κ1) is 27.1. The quantitative estimate of drug-likeness (QED) is 0.296. The van der Waals surface area contributed by atoms with Crippen molar-refractivity contribution in [2.45, 2.75) is 37.5 Å². The van der Waals surface area contributed by atoms with Crippen LogP contribution in [0.4, 0.5) is 4.79 Å². The largest absolute Gasteiger partial charge is 0.506 e. The molecule has 3 heterocycles. The highest BCUT2D eigenvalue weighted by Crippen LogP contribution is 2.31. The normalized spacial score (nSPS) is 18.3. The van der Waals surface area contributed by atoms with Gasteiger partial charge in [-0.3, -0.25) is 9.69 Å². The molecule has 0 aliphatic carbocycles. The summed E-state index contributed by atoms with van der Waals surface area (Å²) in [5.74, 6) is -0.106. The number of aromatic hydroxyl groups is 1. The van der Waals surface area contributed by atoms with Crippen LogP contribution >= 0.6 is 0 Å². The van der Waals surface area contributed by atoms with Crippen molar-refractivity contribution in [3.63, 3.8) is 0 Å². The maximum atomic E-state index is 12.9. The first-order valence-corrected chi connectivity index (χ1v) is 13.5. The first-order chi connectivity index (χ1) is 18.8. The van der Waals surface area contributed by atoms with E-state index >= 15 is 0 Å². The third kappa shape index (κ3) is 6.25. The number of phenolic OH excluding ortho intramolecular Hbond substituents is 1. The molecule has 10 nitrogen and oxygen atoms in total. The number of nitrogens with one attached hydrogen (secondary N) is 2. The number of aromatic nitrogens is 1. The summed E-state index contributed by atoms with van der Waals surface area (Å²) in [4.78, 5) is 31.1. The molecule has 2 aromatic carbocycles. The molecule has 1 spiro atoms. The van der Waals surface area contributed by atoms with E-state index in [9.17, 15) is 24.9 Å². The Bertz CT molecular complexity index is 1350. The van der Waals surface area contributed by atoms with Gasteiger partial charge < -0.3 is 35.3 Å². The number of carboxylic acid groups (broad SMARTS) is 1. The summed E-state index contributed by atoms with van der Waals surface area (Å²) < 4.78 is 6.07. The number of aromatic amines is 1. The fourth-order valence-electron chi connectivity index (χ4n) is 5.62. The number of likely N-dealkylation sites (tertiary alicyclic amines) is 1. The van der Waals surface area contributed by atoms with E-state index in [1.165, 1.54) is 11.0 Å². The number of piperidine rings is 1. The van der Waals surface area contributed by atoms with Crippen molar-refractivity contribution < 1.29 is 24.9 Å². The smallest absolute Gasteiger partial charge is 0.407 e. The molecule has 1 unspecified atom stereocenters. The van der Waals surface area contributed by atoms with Crippen LogP contribution in [-0.4, -0.2) is 87.7 Å². The van der Waals surface area contributed by atoms with Gasteiger partial charge in [0.05, 0.1) is 30.4 Å². The van der Waals surface area contributed by atoms with Crippen LogP contribution in [-0.2, 0) is 17.7 Å². The van der Waals surface area contributed by atoms with E-state index < -0.39 is 12.2 Å². The minimum absolute atomic E-state index is 0.106. The summed E-state index contributed by atoms with van der Waals surface area (Å²) in [5.41, 5.74) is 1.78. The van der Waals surface area contributed by atoms with E-state index in [0.717, 1.165) is 44.6 Å². The van der Waals surface area contributed by atoms with Gasteiger partial charge in [-0.1, -0.05) is 36.4 Å². The van der Waals surface area contributed by atoms with Crippen molar-refractivity contribution in [1.29, 1.82) is 0 Å². The molecular weight excluding hydrogens is 500 g/mol. The lowest BCUT2D eigenvalue weighted by molar-refractivity contribution is -0.100. The average molecular weight is 537 g/mol. The van der Waals surface area contributed by atoms with Gasteiger partial charge in [0.15, 0.2) is 0 Å². The number of aliphatic hydroxyl groups is 1. The van der Waals surface area contributed by atoms with Gasteiger partial charge >= 0.3 is 6.09 Å². The van der Waals surface area contributed by atoms with Crippen LogP contribution in [0.1, 0.15) is 35.6 Å². The molecule has 2 fully saturated rings. The van der Waals surface area contributed by atoms with Crippen LogP contribution in [0.25, 0.3) is 10.9 Å². The van der Waals surface area contributed by atoms with Crippen LogP contribution in [0.5, 0.6) is 5.75 Å². The highest BCUT2D eigenvalue weighted by Gasteiger charge is 2.37. The second kappa shape index (κ2) is 11.7. The summed E-state index contributed by atoms with van der Waals surface area (Å²) in [6.45, 7) is 4.53. The molecule has 208 valence electrons. The Balaban J connectivity index is 1.33. The van der Waals surface area contributed by atoms with Crippen molar-refractivity contribution in [3.05, 3.63) is 75.6 Å². The van der Waals surface area contributed by atoms with E-state index in [1.807, 2.05) is 30.3 Å². The number of hydrogen-bond acceptors (Lipinski definition) is 7. The van der Waals surface area contributed by atoms with Crippen LogP contribution in [0.2, 0.25) is 0 Å². The number of fused-ring (bicyclic) bond motifs is 1. The van der Waals surface area contributed by atoms with E-state index in [1.54, 1.807) is 12.1 Å². The number of pyridine rings is 1. The Hall–Kier alpha value is -3.44. The molecule has 1 atom stereocenters. The topological polar surface area (TPSA) is 138 Å². The molecule has 5 N–H and O–H groups in total. The average Bonchev–Trinajstić information content (AvgIpc) is 2.94. The van der Waals surface area contributed by atoms with Crippen LogP contribution in [0.15, 0.2) is 53.3 Å². The molecule has 39 heavy (non-hydrogen) atoms. The maximum absolute atomic E-state index is 12.9. The standard InChI is InChI=1S/C29H36N4O6/c34-24-7-6-22(25(35)18-33(28(37)38)12-8-20-4-2-1-3-5-20)23-16-21(27(36)31-26(23)24)17-32-13-9-29(10-14-32)19-30-11-15-39-29/h1-7,16,25,30,34-35H,8-15,17-19H2,(H,31,36)(H,37,38). The maximum Gasteiger partial charge on any atom is 0.407 e. The van der Waals surface area contributed by atoms with Gasteiger partial charge in [-0.2, -0.15) is 0 Å². The van der Waals surface area contributed by atoms with Crippen molar-refractivity contribution >= 4 is 17.0 Å². The number of carbonyl (C=O) groups is 1. The molecule has 2 aliphatic rings. The number of phenols is 1. The number of amides is 1. The van der Waals surface area contributed by atoms with Gasteiger partial charge in [-0.15, -0.1) is 0 Å². The minimum atomic E-state index is -1.15. The molecule has 2 aliphatic heterocycles. The monoisotopic (exact) mass is 536 g/mol. The predicted octanol–water partition coefficient (Wildman–Crippen LogP) is 2.44. The van der Waals surface area contributed by atoms with E-state index in [-0.39, 0.29) is 35.5 Å². The molecule has 0 bridgehead atoms. The fraction of sp³-hybridized carbons (Fsp3) is 0.448. The molecule has 0 radical (unpaired) electrons. The number of benzene rings is 2. The minimum Gasteiger partial charge on any atom is -0.506 e. The summed E-state index contributed by atoms with van der Waals surface area (Å²) in [6.07, 6.45) is 0.00656. The number of H-pyrrole nitrogens is 1. The molecule has 1 amide bonds. The van der Waals surface area contributed by atoms with E-state index in [2.05, 4.69) is 15.2 Å². The van der Waals surface area contributed by atoms with Gasteiger partial charge in [0.2, 0.25) is 0 Å². The molecule has 2 saturated heterocycles. The predicted molar refractivity (Wildman–Crippen MR) is 147 cm³/mol. The third-order valence-corrected chi connectivity index (χ3v) is 7.94. The number of nitrogens with zero attached hydrogens (tertiary/aromatic N) is 2. The van der Waals surface area contributed by atoms with Gasteiger partial charge in [0, 0.05) is 50.2 Å². The number of aliphatic hydroxyl groups excluding tert-OH is 1. The molecule has 10 heteroatoms. The third-order valence-electron chi connectivity index (χ3n) is 7.94. The van der Waals surface area contributed by atoms with Gasteiger partial charge in [-0.25, -0.2) is 4.79 Å². The Morgan fingerprint density at radius 1 is 1.15 bits per heavy atom. The molecule has 3 aromatic rings. The summed E-state index contributed by atoms with van der Waals surface area (Å²) in [7, 11) is 0. The zero-order valence-corrected chi connectivity index (χ0v) is 21.9. The SMILES string of the molecule is O=C(O)N(CCc1ccccc1)CC(O)c1ccc(O)c2[nH]c(=O)c(CN3CCC4(CC3)CNCCO4)cc12. The Morgan fingerprint density at radius 2 is 1.92 bits per heavy atom. The number of morpholine rings is 1. The van der Waals surface area contributed by atoms with Gasteiger partial charge in [0.1, 0.15) is 5.75 Å². The molecule has 5 rings (SSSR count). The van der Waals surface area contributed by atoms with Crippen LogP contribution in [0.3, 0.4) is 0 Å². The zero-order chi connectivity index (χ0) is 27.4. The Morgan fingerprint density at radius 3 is 2.62 bits per heavy atom. The summed E-state index contributed by atoms with van der Waals surface area (Å²) in [5, 5.41) is 35.3.